The lowest BCUT2D eigenvalue weighted by Gasteiger charge is -2.27. The highest BCUT2D eigenvalue weighted by Crippen LogP contribution is 2.23. The van der Waals surface area contributed by atoms with Gasteiger partial charge in [-0.2, -0.15) is 4.37 Å². The minimum absolute atomic E-state index is 0.0107. The van der Waals surface area contributed by atoms with Crippen LogP contribution in [0.25, 0.3) is 0 Å². The zero-order valence-electron chi connectivity index (χ0n) is 18.2. The highest BCUT2D eigenvalue weighted by molar-refractivity contribution is 7.09. The molecule has 0 aliphatic heterocycles. The van der Waals surface area contributed by atoms with Gasteiger partial charge in [0.2, 0.25) is 11.0 Å². The number of anilines is 2. The first kappa shape index (κ1) is 22.0. The summed E-state index contributed by atoms with van der Waals surface area (Å²) in [5.74, 6) is 0.841. The molecule has 1 amide bonds. The smallest absolute Gasteiger partial charge is 0.226 e. The molecule has 0 unspecified atom stereocenters. The van der Waals surface area contributed by atoms with E-state index in [1.165, 1.54) is 28.2 Å². The first-order valence-corrected chi connectivity index (χ1v) is 11.2. The Bertz CT molecular complexity index is 950. The molecule has 3 aromatic rings. The SMILES string of the molecule is CC[C@H](C)N(CCC(=O)Nc1ccc(C)cc1)c1nc(Cc2ccc(C)cc2)ns1. The van der Waals surface area contributed by atoms with Crippen LogP contribution in [0.3, 0.4) is 0 Å². The predicted octanol–water partition coefficient (Wildman–Crippen LogP) is 5.38. The topological polar surface area (TPSA) is 58.1 Å². The lowest BCUT2D eigenvalue weighted by Crippen LogP contribution is -2.35. The largest absolute Gasteiger partial charge is 0.344 e. The van der Waals surface area contributed by atoms with E-state index in [-0.39, 0.29) is 11.9 Å². The van der Waals surface area contributed by atoms with Crippen molar-refractivity contribution >= 4 is 28.3 Å². The summed E-state index contributed by atoms with van der Waals surface area (Å²) in [5, 5.41) is 3.86. The van der Waals surface area contributed by atoms with Gasteiger partial charge in [0.25, 0.3) is 0 Å². The molecule has 0 fully saturated rings. The Balaban J connectivity index is 1.62. The number of rotatable bonds is 9. The molecule has 30 heavy (non-hydrogen) atoms. The van der Waals surface area contributed by atoms with E-state index in [0.717, 1.165) is 29.5 Å². The highest BCUT2D eigenvalue weighted by atomic mass is 32.1. The van der Waals surface area contributed by atoms with Crippen LogP contribution in [0, 0.1) is 13.8 Å². The summed E-state index contributed by atoms with van der Waals surface area (Å²) in [7, 11) is 0. The third-order valence-electron chi connectivity index (χ3n) is 5.22. The van der Waals surface area contributed by atoms with Crippen LogP contribution >= 0.6 is 11.5 Å². The zero-order chi connectivity index (χ0) is 21.5. The van der Waals surface area contributed by atoms with Gasteiger partial charge in [0.15, 0.2) is 0 Å². The molecule has 5 nitrogen and oxygen atoms in total. The molecule has 0 aliphatic rings. The number of nitrogens with one attached hydrogen (secondary N) is 1. The van der Waals surface area contributed by atoms with Crippen LogP contribution in [0.15, 0.2) is 48.5 Å². The number of nitrogens with zero attached hydrogens (tertiary/aromatic N) is 3. The average molecular weight is 423 g/mol. The summed E-state index contributed by atoms with van der Waals surface area (Å²) in [5.41, 5.74) is 4.46. The second-order valence-corrected chi connectivity index (χ2v) is 8.50. The van der Waals surface area contributed by atoms with E-state index in [0.29, 0.717) is 13.0 Å². The Hall–Kier alpha value is -2.73. The molecule has 2 aromatic carbocycles. The minimum Gasteiger partial charge on any atom is -0.344 e. The average Bonchev–Trinajstić information content (AvgIpc) is 3.19. The molecule has 0 saturated heterocycles. The molecule has 0 spiro atoms. The van der Waals surface area contributed by atoms with Crippen molar-refractivity contribution in [3.8, 4) is 0 Å². The molecule has 6 heteroatoms. The number of aromatic nitrogens is 2. The van der Waals surface area contributed by atoms with E-state index in [1.54, 1.807) is 0 Å². The molecule has 0 saturated carbocycles. The van der Waals surface area contributed by atoms with Gasteiger partial charge in [0, 0.05) is 42.6 Å². The number of hydrogen-bond donors (Lipinski definition) is 1. The molecule has 1 aromatic heterocycles. The summed E-state index contributed by atoms with van der Waals surface area (Å²) in [6.45, 7) is 9.05. The van der Waals surface area contributed by atoms with Crippen LogP contribution in [0.1, 0.15) is 49.2 Å². The quantitative estimate of drug-likeness (QED) is 0.503. The third kappa shape index (κ3) is 6.13. The number of amides is 1. The fourth-order valence-corrected chi connectivity index (χ4v) is 3.94. The van der Waals surface area contributed by atoms with Crippen molar-refractivity contribution in [2.24, 2.45) is 0 Å². The molecule has 1 N–H and O–H groups in total. The Labute approximate surface area is 183 Å². The number of hydrogen-bond acceptors (Lipinski definition) is 5. The summed E-state index contributed by atoms with van der Waals surface area (Å²) < 4.78 is 4.56. The molecular weight excluding hydrogens is 392 g/mol. The van der Waals surface area contributed by atoms with Crippen molar-refractivity contribution in [1.82, 2.24) is 9.36 Å². The number of benzene rings is 2. The monoisotopic (exact) mass is 422 g/mol. The lowest BCUT2D eigenvalue weighted by molar-refractivity contribution is -0.116. The van der Waals surface area contributed by atoms with E-state index < -0.39 is 0 Å². The highest BCUT2D eigenvalue weighted by Gasteiger charge is 2.19. The van der Waals surface area contributed by atoms with Gasteiger partial charge in [-0.1, -0.05) is 54.4 Å². The third-order valence-corrected chi connectivity index (χ3v) is 6.02. The molecular formula is C24H30N4OS. The van der Waals surface area contributed by atoms with Gasteiger partial charge < -0.3 is 10.2 Å². The minimum atomic E-state index is 0.0107. The van der Waals surface area contributed by atoms with E-state index in [2.05, 4.69) is 59.6 Å². The molecule has 1 heterocycles. The normalized spacial score (nSPS) is 11.9. The Morgan fingerprint density at radius 3 is 2.33 bits per heavy atom. The standard InChI is InChI=1S/C24H30N4OS/c1-5-19(4)28(15-14-23(29)25-21-12-8-18(3)9-13-21)24-26-22(27-30-24)16-20-10-6-17(2)7-11-20/h6-13,19H,5,14-16H2,1-4H3,(H,25,29)/t19-/m0/s1. The first-order chi connectivity index (χ1) is 14.4. The van der Waals surface area contributed by atoms with Gasteiger partial charge >= 0.3 is 0 Å². The van der Waals surface area contributed by atoms with Crippen LogP contribution in [0.2, 0.25) is 0 Å². The fraction of sp³-hybridized carbons (Fsp3) is 0.375. The van der Waals surface area contributed by atoms with Crippen LogP contribution in [0.5, 0.6) is 0 Å². The first-order valence-electron chi connectivity index (χ1n) is 10.5. The maximum Gasteiger partial charge on any atom is 0.226 e. The molecule has 0 aliphatic carbocycles. The van der Waals surface area contributed by atoms with Crippen molar-refractivity contribution in [3.05, 3.63) is 71.0 Å². The van der Waals surface area contributed by atoms with E-state index in [4.69, 9.17) is 4.98 Å². The molecule has 0 radical (unpaired) electrons. The molecule has 158 valence electrons. The van der Waals surface area contributed by atoms with E-state index in [9.17, 15) is 4.79 Å². The van der Waals surface area contributed by atoms with Crippen molar-refractivity contribution < 1.29 is 4.79 Å². The Kier molecular flexibility index (Phi) is 7.57. The second-order valence-electron chi connectivity index (χ2n) is 7.77. The Morgan fingerprint density at radius 2 is 1.70 bits per heavy atom. The van der Waals surface area contributed by atoms with Crippen LogP contribution in [-0.2, 0) is 11.2 Å². The molecule has 0 bridgehead atoms. The van der Waals surface area contributed by atoms with Crippen LogP contribution in [0.4, 0.5) is 10.8 Å². The van der Waals surface area contributed by atoms with Crippen molar-refractivity contribution in [1.29, 1.82) is 0 Å². The van der Waals surface area contributed by atoms with Gasteiger partial charge in [-0.25, -0.2) is 4.98 Å². The number of aryl methyl sites for hydroxylation is 2. The predicted molar refractivity (Wildman–Crippen MR) is 125 cm³/mol. The van der Waals surface area contributed by atoms with Crippen LogP contribution in [-0.4, -0.2) is 27.9 Å². The summed E-state index contributed by atoms with van der Waals surface area (Å²) in [4.78, 5) is 19.4. The van der Waals surface area contributed by atoms with Gasteiger partial charge in [0.05, 0.1) is 0 Å². The van der Waals surface area contributed by atoms with Gasteiger partial charge in [-0.05, 0) is 44.9 Å². The Morgan fingerprint density at radius 1 is 1.07 bits per heavy atom. The maximum absolute atomic E-state index is 12.4. The number of carbonyl (C=O) groups excluding carboxylic acids is 1. The van der Waals surface area contributed by atoms with E-state index in [1.807, 2.05) is 31.2 Å². The van der Waals surface area contributed by atoms with Crippen molar-refractivity contribution in [3.63, 3.8) is 0 Å². The van der Waals surface area contributed by atoms with Gasteiger partial charge in [-0.3, -0.25) is 4.79 Å². The molecule has 3 rings (SSSR count). The van der Waals surface area contributed by atoms with Crippen molar-refractivity contribution in [2.45, 2.75) is 53.0 Å². The number of carbonyl (C=O) groups is 1. The maximum atomic E-state index is 12.4. The second kappa shape index (κ2) is 10.3. The van der Waals surface area contributed by atoms with Crippen molar-refractivity contribution in [2.75, 3.05) is 16.8 Å². The van der Waals surface area contributed by atoms with E-state index >= 15 is 0 Å². The van der Waals surface area contributed by atoms with Crippen LogP contribution < -0.4 is 10.2 Å². The summed E-state index contributed by atoms with van der Waals surface area (Å²) >= 11 is 1.41. The zero-order valence-corrected chi connectivity index (χ0v) is 19.0. The molecule has 1 atom stereocenters. The van der Waals surface area contributed by atoms with Gasteiger partial charge in [0.1, 0.15) is 5.82 Å². The lowest BCUT2D eigenvalue weighted by atomic mass is 10.1. The summed E-state index contributed by atoms with van der Waals surface area (Å²) in [6.07, 6.45) is 2.11. The summed E-state index contributed by atoms with van der Waals surface area (Å²) in [6, 6.07) is 16.6. The van der Waals surface area contributed by atoms with Gasteiger partial charge in [-0.15, -0.1) is 0 Å². The fourth-order valence-electron chi connectivity index (χ4n) is 3.13.